The van der Waals surface area contributed by atoms with Crippen molar-refractivity contribution >= 4 is 26.6 Å². The fraction of sp³-hybridized carbons (Fsp3) is 0.800. The Morgan fingerprint density at radius 3 is 2.62 bits per heavy atom. The fourth-order valence-electron chi connectivity index (χ4n) is 1.75. The lowest BCUT2D eigenvalue weighted by atomic mass is 9.92. The Kier molecular flexibility index (Phi) is 2.64. The maximum atomic E-state index is 11.7. The molecule has 1 amide bonds. The highest BCUT2D eigenvalue weighted by atomic mass is 79.9. The normalized spacial score (nSPS) is 22.5. The van der Waals surface area contributed by atoms with Crippen LogP contribution in [0.1, 0.15) is 27.2 Å². The van der Waals surface area contributed by atoms with Gasteiger partial charge in [0.15, 0.2) is 5.60 Å². The molecular weight excluding hydrogens is 276 g/mol. The van der Waals surface area contributed by atoms with Crippen LogP contribution in [0.15, 0.2) is 5.16 Å². The lowest BCUT2D eigenvalue weighted by Gasteiger charge is -2.45. The molecule has 0 unspecified atom stereocenters. The van der Waals surface area contributed by atoms with Gasteiger partial charge in [-0.3, -0.25) is 4.90 Å². The molecule has 1 fully saturated rings. The molecule has 2 aliphatic rings. The van der Waals surface area contributed by atoms with Gasteiger partial charge in [0.25, 0.3) is 0 Å². The van der Waals surface area contributed by atoms with Crippen LogP contribution in [0.25, 0.3) is 0 Å². The summed E-state index contributed by atoms with van der Waals surface area (Å²) >= 11 is 3.28. The number of hydrogen-bond acceptors (Lipinski definition) is 4. The maximum Gasteiger partial charge on any atom is 0.410 e. The number of rotatable bonds is 0. The first-order valence-corrected chi connectivity index (χ1v) is 5.97. The number of amides is 1. The van der Waals surface area contributed by atoms with Crippen molar-refractivity contribution in [1.29, 1.82) is 0 Å². The highest BCUT2D eigenvalue weighted by Gasteiger charge is 2.52. The Balaban J connectivity index is 1.83. The largest absolute Gasteiger partial charge is 0.444 e. The highest BCUT2D eigenvalue weighted by Crippen LogP contribution is 2.35. The van der Waals surface area contributed by atoms with Gasteiger partial charge >= 0.3 is 6.09 Å². The fourth-order valence-corrected chi connectivity index (χ4v) is 2.33. The number of nitrogens with zero attached hydrogens (tertiary/aromatic N) is 2. The molecule has 90 valence electrons. The Morgan fingerprint density at radius 1 is 1.56 bits per heavy atom. The molecule has 0 aromatic heterocycles. The quantitative estimate of drug-likeness (QED) is 0.687. The molecule has 2 rings (SSSR count). The van der Waals surface area contributed by atoms with E-state index in [2.05, 4.69) is 21.1 Å². The molecule has 2 heterocycles. The van der Waals surface area contributed by atoms with Crippen LogP contribution in [0.5, 0.6) is 0 Å². The minimum Gasteiger partial charge on any atom is -0.444 e. The summed E-state index contributed by atoms with van der Waals surface area (Å²) in [4.78, 5) is 18.6. The van der Waals surface area contributed by atoms with Crippen molar-refractivity contribution < 1.29 is 14.4 Å². The Morgan fingerprint density at radius 2 is 2.19 bits per heavy atom. The molecule has 1 saturated heterocycles. The molecule has 0 aromatic carbocycles. The van der Waals surface area contributed by atoms with Crippen LogP contribution < -0.4 is 0 Å². The first-order chi connectivity index (χ1) is 7.30. The van der Waals surface area contributed by atoms with Gasteiger partial charge in [-0.15, -0.1) is 0 Å². The average Bonchev–Trinajstić information content (AvgIpc) is 2.41. The van der Waals surface area contributed by atoms with E-state index in [0.717, 1.165) is 11.0 Å². The molecule has 5 nitrogen and oxygen atoms in total. The first-order valence-electron chi connectivity index (χ1n) is 5.18. The van der Waals surface area contributed by atoms with Gasteiger partial charge < -0.3 is 9.57 Å². The van der Waals surface area contributed by atoms with Gasteiger partial charge in [0.2, 0.25) is 0 Å². The van der Waals surface area contributed by atoms with E-state index in [-0.39, 0.29) is 11.7 Å². The minimum atomic E-state index is -0.451. The Hall–Kier alpha value is -0.780. The predicted molar refractivity (Wildman–Crippen MR) is 62.6 cm³/mol. The summed E-state index contributed by atoms with van der Waals surface area (Å²) in [7, 11) is 0. The van der Waals surface area contributed by atoms with Gasteiger partial charge in [0.1, 0.15) is 10.2 Å². The SMILES string of the molecule is CC(C)(C)OC(=O)N1CC2(CC(Br)=NO2)C1. The van der Waals surface area contributed by atoms with Crippen LogP contribution in [0.4, 0.5) is 4.79 Å². The molecular formula is C10H15BrN2O3. The number of carbonyl (C=O) groups is 1. The Bertz CT molecular complexity index is 342. The third kappa shape index (κ3) is 2.31. The third-order valence-electron chi connectivity index (χ3n) is 2.42. The van der Waals surface area contributed by atoms with E-state index < -0.39 is 5.60 Å². The molecule has 0 aromatic rings. The highest BCUT2D eigenvalue weighted by molar-refractivity contribution is 9.18. The monoisotopic (exact) mass is 290 g/mol. The second kappa shape index (κ2) is 3.61. The number of likely N-dealkylation sites (tertiary alicyclic amines) is 1. The minimum absolute atomic E-state index is 0.287. The molecule has 1 spiro atoms. The summed E-state index contributed by atoms with van der Waals surface area (Å²) in [5.41, 5.74) is -0.761. The second-order valence-electron chi connectivity index (χ2n) is 5.26. The van der Waals surface area contributed by atoms with Crippen molar-refractivity contribution in [2.75, 3.05) is 13.1 Å². The number of oxime groups is 1. The topological polar surface area (TPSA) is 51.1 Å². The summed E-state index contributed by atoms with van der Waals surface area (Å²) < 4.78 is 6.06. The van der Waals surface area contributed by atoms with Crippen LogP contribution in [0.3, 0.4) is 0 Å². The van der Waals surface area contributed by atoms with Gasteiger partial charge in [-0.25, -0.2) is 4.79 Å². The van der Waals surface area contributed by atoms with Crippen molar-refractivity contribution in [3.05, 3.63) is 0 Å². The van der Waals surface area contributed by atoms with Crippen molar-refractivity contribution in [2.24, 2.45) is 5.16 Å². The summed E-state index contributed by atoms with van der Waals surface area (Å²) in [5.74, 6) is 0. The molecule has 0 saturated carbocycles. The summed E-state index contributed by atoms with van der Waals surface area (Å²) in [5, 5.41) is 3.83. The third-order valence-corrected chi connectivity index (χ3v) is 2.84. The van der Waals surface area contributed by atoms with Crippen molar-refractivity contribution in [2.45, 2.75) is 38.4 Å². The first kappa shape index (κ1) is 11.7. The van der Waals surface area contributed by atoms with Crippen LogP contribution in [-0.2, 0) is 9.57 Å². The molecule has 0 N–H and O–H groups in total. The zero-order valence-corrected chi connectivity index (χ0v) is 11.2. The van der Waals surface area contributed by atoms with Gasteiger partial charge in [-0.05, 0) is 36.7 Å². The Labute approximate surface area is 103 Å². The molecule has 6 heteroatoms. The van der Waals surface area contributed by atoms with Crippen LogP contribution >= 0.6 is 15.9 Å². The van der Waals surface area contributed by atoms with Gasteiger partial charge in [-0.2, -0.15) is 0 Å². The maximum absolute atomic E-state index is 11.7. The summed E-state index contributed by atoms with van der Waals surface area (Å²) in [6, 6.07) is 0. The molecule has 0 atom stereocenters. The number of carbonyl (C=O) groups excluding carboxylic acids is 1. The predicted octanol–water partition coefficient (Wildman–Crippen LogP) is 2.10. The standard InChI is InChI=1S/C10H15BrN2O3/c1-9(2,3)15-8(14)13-5-10(6-13)4-7(11)12-16-10/h4-6H2,1-3H3. The van der Waals surface area contributed by atoms with E-state index in [9.17, 15) is 4.79 Å². The molecule has 16 heavy (non-hydrogen) atoms. The lowest BCUT2D eigenvalue weighted by molar-refractivity contribution is -0.122. The van der Waals surface area contributed by atoms with Gasteiger partial charge in [0, 0.05) is 6.42 Å². The molecule has 0 bridgehead atoms. The molecule has 2 aliphatic heterocycles. The van der Waals surface area contributed by atoms with Gasteiger partial charge in [0.05, 0.1) is 13.1 Å². The van der Waals surface area contributed by atoms with Gasteiger partial charge in [-0.1, -0.05) is 5.16 Å². The van der Waals surface area contributed by atoms with E-state index in [1.807, 2.05) is 20.8 Å². The van der Waals surface area contributed by atoms with Crippen molar-refractivity contribution in [3.8, 4) is 0 Å². The summed E-state index contributed by atoms with van der Waals surface area (Å²) in [6.45, 7) is 6.64. The molecule has 0 radical (unpaired) electrons. The average molecular weight is 291 g/mol. The van der Waals surface area contributed by atoms with Crippen molar-refractivity contribution in [1.82, 2.24) is 4.90 Å². The zero-order chi connectivity index (χ0) is 12.0. The van der Waals surface area contributed by atoms with E-state index in [4.69, 9.17) is 9.57 Å². The summed E-state index contributed by atoms with van der Waals surface area (Å²) in [6.07, 6.45) is 0.441. The van der Waals surface area contributed by atoms with Crippen molar-refractivity contribution in [3.63, 3.8) is 0 Å². The number of halogens is 1. The lowest BCUT2D eigenvalue weighted by Crippen LogP contribution is -2.64. The van der Waals surface area contributed by atoms with E-state index >= 15 is 0 Å². The van der Waals surface area contributed by atoms with Crippen LogP contribution in [0.2, 0.25) is 0 Å². The zero-order valence-electron chi connectivity index (χ0n) is 9.62. The number of hydrogen-bond donors (Lipinski definition) is 0. The van der Waals surface area contributed by atoms with E-state index in [0.29, 0.717) is 13.1 Å². The second-order valence-corrected chi connectivity index (χ2v) is 6.17. The molecule has 0 aliphatic carbocycles. The van der Waals surface area contributed by atoms with Crippen LogP contribution in [-0.4, -0.2) is 39.9 Å². The van der Waals surface area contributed by atoms with E-state index in [1.165, 1.54) is 0 Å². The van der Waals surface area contributed by atoms with Crippen LogP contribution in [0, 0.1) is 0 Å². The number of ether oxygens (including phenoxy) is 1. The van der Waals surface area contributed by atoms with E-state index in [1.54, 1.807) is 4.90 Å². The smallest absolute Gasteiger partial charge is 0.410 e.